The molecule has 204 valence electrons. The van der Waals surface area contributed by atoms with Crippen molar-refractivity contribution >= 4 is 35.3 Å². The molecule has 1 aliphatic heterocycles. The van der Waals surface area contributed by atoms with Crippen LogP contribution in [-0.2, 0) is 29.1 Å². The van der Waals surface area contributed by atoms with Gasteiger partial charge in [-0.2, -0.15) is 0 Å². The molecule has 3 aromatic carbocycles. The third-order valence-electron chi connectivity index (χ3n) is 6.90. The van der Waals surface area contributed by atoms with Crippen LogP contribution in [0.15, 0.2) is 71.6 Å². The van der Waals surface area contributed by atoms with Crippen molar-refractivity contribution in [3.05, 3.63) is 83.4 Å². The molecule has 0 aromatic heterocycles. The molecule has 3 aromatic rings. The van der Waals surface area contributed by atoms with Gasteiger partial charge in [0, 0.05) is 30.1 Å². The molecule has 39 heavy (non-hydrogen) atoms. The number of aryl methyl sites for hydroxylation is 1. The Kier molecular flexibility index (Phi) is 9.65. The summed E-state index contributed by atoms with van der Waals surface area (Å²) >= 11 is 1.68. The van der Waals surface area contributed by atoms with Crippen LogP contribution in [0.2, 0.25) is 0 Å². The zero-order valence-corrected chi connectivity index (χ0v) is 23.6. The number of nitrogens with zero attached hydrogens (tertiary/aromatic N) is 1. The Morgan fingerprint density at radius 1 is 1.00 bits per heavy atom. The lowest BCUT2D eigenvalue weighted by atomic mass is 9.98. The van der Waals surface area contributed by atoms with E-state index in [0.717, 1.165) is 44.8 Å². The number of carbonyl (C=O) groups is 3. The third-order valence-corrected chi connectivity index (χ3v) is 7.63. The van der Waals surface area contributed by atoms with Crippen LogP contribution >= 0.6 is 11.8 Å². The largest absolute Gasteiger partial charge is 0.344 e. The molecule has 0 radical (unpaired) electrons. The number of urea groups is 1. The average molecular weight is 545 g/mol. The molecule has 1 aliphatic rings. The summed E-state index contributed by atoms with van der Waals surface area (Å²) < 4.78 is 0. The lowest BCUT2D eigenvalue weighted by molar-refractivity contribution is -0.127. The van der Waals surface area contributed by atoms with E-state index in [-0.39, 0.29) is 17.8 Å². The SMILES string of the molecule is CCNC(=O)NCc1ccccc1-c1ccc(CN2C(=O)[C@H](NC(=O)CC)CCc3cc(SC)ccc32)cc1. The van der Waals surface area contributed by atoms with Crippen molar-refractivity contribution in [2.45, 2.75) is 57.1 Å². The Morgan fingerprint density at radius 2 is 1.77 bits per heavy atom. The molecule has 8 heteroatoms. The van der Waals surface area contributed by atoms with Crippen LogP contribution in [0.5, 0.6) is 0 Å². The van der Waals surface area contributed by atoms with E-state index in [2.05, 4.69) is 34.1 Å². The number of amides is 4. The number of thioether (sulfide) groups is 1. The fraction of sp³-hybridized carbons (Fsp3) is 0.323. The first-order valence-corrected chi connectivity index (χ1v) is 14.6. The number of anilines is 1. The van der Waals surface area contributed by atoms with E-state index < -0.39 is 6.04 Å². The van der Waals surface area contributed by atoms with Crippen LogP contribution < -0.4 is 20.9 Å². The van der Waals surface area contributed by atoms with Crippen molar-refractivity contribution in [2.24, 2.45) is 0 Å². The maximum absolute atomic E-state index is 13.7. The second kappa shape index (κ2) is 13.3. The fourth-order valence-electron chi connectivity index (χ4n) is 4.80. The highest BCUT2D eigenvalue weighted by molar-refractivity contribution is 7.98. The Hall–Kier alpha value is -3.78. The predicted octanol–water partition coefficient (Wildman–Crippen LogP) is 5.27. The second-order valence-corrected chi connectivity index (χ2v) is 10.4. The smallest absolute Gasteiger partial charge is 0.315 e. The highest BCUT2D eigenvalue weighted by Crippen LogP contribution is 2.32. The van der Waals surface area contributed by atoms with Gasteiger partial charge < -0.3 is 20.9 Å². The summed E-state index contributed by atoms with van der Waals surface area (Å²) in [5, 5.41) is 8.59. The molecular formula is C31H36N4O3S. The Morgan fingerprint density at radius 3 is 2.49 bits per heavy atom. The maximum Gasteiger partial charge on any atom is 0.315 e. The molecule has 0 saturated carbocycles. The first kappa shape index (κ1) is 28.2. The summed E-state index contributed by atoms with van der Waals surface area (Å²) in [5.41, 5.74) is 6.11. The van der Waals surface area contributed by atoms with Crippen molar-refractivity contribution in [3.8, 4) is 11.1 Å². The maximum atomic E-state index is 13.7. The van der Waals surface area contributed by atoms with Gasteiger partial charge in [-0.3, -0.25) is 9.59 Å². The fourth-order valence-corrected chi connectivity index (χ4v) is 5.27. The molecule has 4 amide bonds. The van der Waals surface area contributed by atoms with Crippen molar-refractivity contribution in [2.75, 3.05) is 17.7 Å². The van der Waals surface area contributed by atoms with E-state index in [4.69, 9.17) is 0 Å². The molecule has 0 fully saturated rings. The topological polar surface area (TPSA) is 90.5 Å². The van der Waals surface area contributed by atoms with Crippen LogP contribution in [0.3, 0.4) is 0 Å². The van der Waals surface area contributed by atoms with Crippen LogP contribution in [0.1, 0.15) is 43.4 Å². The third kappa shape index (κ3) is 7.00. The molecule has 1 atom stereocenters. The van der Waals surface area contributed by atoms with Crippen LogP contribution in [0, 0.1) is 0 Å². The van der Waals surface area contributed by atoms with Gasteiger partial charge in [-0.15, -0.1) is 11.8 Å². The van der Waals surface area contributed by atoms with Crippen molar-refractivity contribution in [1.82, 2.24) is 16.0 Å². The van der Waals surface area contributed by atoms with Gasteiger partial charge >= 0.3 is 6.03 Å². The molecule has 0 aliphatic carbocycles. The summed E-state index contributed by atoms with van der Waals surface area (Å²) in [6.07, 6.45) is 3.68. The van der Waals surface area contributed by atoms with Crippen LogP contribution in [0.4, 0.5) is 10.5 Å². The summed E-state index contributed by atoms with van der Waals surface area (Å²) in [4.78, 5) is 40.7. The lowest BCUT2D eigenvalue weighted by Gasteiger charge is -2.27. The summed E-state index contributed by atoms with van der Waals surface area (Å²) in [7, 11) is 0. The summed E-state index contributed by atoms with van der Waals surface area (Å²) in [5.74, 6) is -0.202. The Labute approximate surface area is 234 Å². The van der Waals surface area contributed by atoms with Gasteiger partial charge in [0.1, 0.15) is 6.04 Å². The van der Waals surface area contributed by atoms with Gasteiger partial charge in [-0.05, 0) is 72.0 Å². The van der Waals surface area contributed by atoms with E-state index in [0.29, 0.717) is 32.5 Å². The predicted molar refractivity (Wildman–Crippen MR) is 158 cm³/mol. The van der Waals surface area contributed by atoms with E-state index in [1.807, 2.05) is 66.6 Å². The highest BCUT2D eigenvalue weighted by Gasteiger charge is 2.31. The second-order valence-electron chi connectivity index (χ2n) is 9.50. The quantitative estimate of drug-likeness (QED) is 0.320. The minimum absolute atomic E-state index is 0.0849. The van der Waals surface area contributed by atoms with Crippen LogP contribution in [-0.4, -0.2) is 36.7 Å². The normalized spacial score (nSPS) is 14.8. The molecule has 1 heterocycles. The van der Waals surface area contributed by atoms with E-state index >= 15 is 0 Å². The van der Waals surface area contributed by atoms with Crippen molar-refractivity contribution < 1.29 is 14.4 Å². The number of benzene rings is 3. The lowest BCUT2D eigenvalue weighted by Crippen LogP contribution is -2.47. The van der Waals surface area contributed by atoms with Gasteiger partial charge in [0.25, 0.3) is 0 Å². The van der Waals surface area contributed by atoms with E-state index in [1.165, 1.54) is 0 Å². The molecular weight excluding hydrogens is 508 g/mol. The Balaban J connectivity index is 1.58. The zero-order chi connectivity index (χ0) is 27.8. The molecule has 3 N–H and O–H groups in total. The number of rotatable bonds is 9. The number of carbonyl (C=O) groups excluding carboxylic acids is 3. The van der Waals surface area contributed by atoms with Gasteiger partial charge in [0.15, 0.2) is 0 Å². The minimum atomic E-state index is -0.550. The van der Waals surface area contributed by atoms with Crippen LogP contribution in [0.25, 0.3) is 11.1 Å². The average Bonchev–Trinajstić information content (AvgIpc) is 3.08. The minimum Gasteiger partial charge on any atom is -0.344 e. The van der Waals surface area contributed by atoms with Crippen molar-refractivity contribution in [1.29, 1.82) is 0 Å². The number of hydrogen-bond donors (Lipinski definition) is 3. The molecule has 0 saturated heterocycles. The molecule has 0 spiro atoms. The summed E-state index contributed by atoms with van der Waals surface area (Å²) in [6, 6.07) is 21.7. The zero-order valence-electron chi connectivity index (χ0n) is 22.8. The first-order chi connectivity index (χ1) is 18.9. The Bertz CT molecular complexity index is 1330. The molecule has 0 bridgehead atoms. The van der Waals surface area contributed by atoms with Gasteiger partial charge in [-0.1, -0.05) is 55.5 Å². The van der Waals surface area contributed by atoms with E-state index in [9.17, 15) is 14.4 Å². The molecule has 0 unspecified atom stereocenters. The number of fused-ring (bicyclic) bond motifs is 1. The van der Waals surface area contributed by atoms with Crippen molar-refractivity contribution in [3.63, 3.8) is 0 Å². The molecule has 7 nitrogen and oxygen atoms in total. The number of hydrogen-bond acceptors (Lipinski definition) is 4. The van der Waals surface area contributed by atoms with E-state index in [1.54, 1.807) is 18.7 Å². The van der Waals surface area contributed by atoms with Gasteiger partial charge in [-0.25, -0.2) is 4.79 Å². The molecule has 4 rings (SSSR count). The van der Waals surface area contributed by atoms with Gasteiger partial charge in [0.05, 0.1) is 6.54 Å². The summed E-state index contributed by atoms with van der Waals surface area (Å²) in [6.45, 7) is 5.08. The highest BCUT2D eigenvalue weighted by atomic mass is 32.2. The first-order valence-electron chi connectivity index (χ1n) is 13.4. The van der Waals surface area contributed by atoms with Gasteiger partial charge in [0.2, 0.25) is 11.8 Å². The monoisotopic (exact) mass is 544 g/mol. The standard InChI is InChI=1S/C31H36N4O3S/c1-4-29(36)34-27-16-14-23-18-25(39-3)15-17-28(23)35(30(27)37)20-21-10-12-22(13-11-21)26-9-7-6-8-24(26)19-33-31(38)32-5-2/h6-13,15,17-18,27H,4-5,14,16,19-20H2,1-3H3,(H,34,36)(H2,32,33,38)/t27-/m1/s1. The number of nitrogens with one attached hydrogen (secondary N) is 3.